The average molecular weight is 263 g/mol. The normalized spacial score (nSPS) is 10.0. The molecule has 6 nitrogen and oxygen atoms in total. The topological polar surface area (TPSA) is 85.1 Å². The summed E-state index contributed by atoms with van der Waals surface area (Å²) < 4.78 is 0. The molecular formula is C11H9N3O3S. The molecule has 1 aromatic heterocycles. The molecule has 0 aliphatic carbocycles. The first-order valence-corrected chi connectivity index (χ1v) is 5.93. The molecule has 0 radical (unpaired) electrons. The van der Waals surface area contributed by atoms with Gasteiger partial charge in [-0.25, -0.2) is 0 Å². The third-order valence-electron chi connectivity index (χ3n) is 2.29. The number of rotatable bonds is 5. The molecule has 0 aliphatic rings. The van der Waals surface area contributed by atoms with Gasteiger partial charge in [0.2, 0.25) is 0 Å². The van der Waals surface area contributed by atoms with E-state index in [0.29, 0.717) is 18.5 Å². The molecule has 2 rings (SSSR count). The molecule has 0 amide bonds. The number of hydrogen-bond acceptors (Lipinski definition) is 6. The lowest BCUT2D eigenvalue weighted by molar-refractivity contribution is -0.384. The van der Waals surface area contributed by atoms with Crippen LogP contribution in [0.15, 0.2) is 29.9 Å². The smallest absolute Gasteiger partial charge is 0.293 e. The van der Waals surface area contributed by atoms with E-state index in [2.05, 4.69) is 10.3 Å². The van der Waals surface area contributed by atoms with Crippen molar-refractivity contribution in [3.63, 3.8) is 0 Å². The number of carbonyl (C=O) groups excluding carboxylic acids is 1. The quantitative estimate of drug-likeness (QED) is 0.509. The van der Waals surface area contributed by atoms with Crippen LogP contribution in [0, 0.1) is 10.1 Å². The van der Waals surface area contributed by atoms with E-state index in [-0.39, 0.29) is 11.3 Å². The summed E-state index contributed by atoms with van der Waals surface area (Å²) in [6, 6.07) is 4.32. The Morgan fingerprint density at radius 1 is 1.50 bits per heavy atom. The summed E-state index contributed by atoms with van der Waals surface area (Å²) in [5.74, 6) is 0. The minimum Gasteiger partial charge on any atom is -0.375 e. The van der Waals surface area contributed by atoms with Gasteiger partial charge >= 0.3 is 0 Å². The Labute approximate surface area is 106 Å². The molecule has 0 fully saturated rings. The van der Waals surface area contributed by atoms with Crippen molar-refractivity contribution in [3.05, 3.63) is 50.5 Å². The van der Waals surface area contributed by atoms with Crippen molar-refractivity contribution < 1.29 is 9.72 Å². The minimum absolute atomic E-state index is 0.107. The molecule has 0 atom stereocenters. The van der Waals surface area contributed by atoms with Gasteiger partial charge in [-0.1, -0.05) is 0 Å². The van der Waals surface area contributed by atoms with Gasteiger partial charge in [0, 0.05) is 22.7 Å². The first-order valence-electron chi connectivity index (χ1n) is 5.05. The highest BCUT2D eigenvalue weighted by molar-refractivity contribution is 7.09. The fourth-order valence-corrected chi connectivity index (χ4v) is 1.97. The lowest BCUT2D eigenvalue weighted by Crippen LogP contribution is -2.02. The van der Waals surface area contributed by atoms with Crippen LogP contribution in [0.25, 0.3) is 0 Å². The molecule has 0 spiro atoms. The largest absolute Gasteiger partial charge is 0.375 e. The molecule has 0 bridgehead atoms. The van der Waals surface area contributed by atoms with Gasteiger partial charge in [-0.15, -0.1) is 11.3 Å². The lowest BCUT2D eigenvalue weighted by atomic mass is 10.2. The molecule has 2 aromatic rings. The average Bonchev–Trinajstić information content (AvgIpc) is 2.89. The van der Waals surface area contributed by atoms with E-state index in [1.807, 2.05) is 0 Å². The molecule has 1 aromatic carbocycles. The number of nitrogens with zero attached hydrogens (tertiary/aromatic N) is 2. The van der Waals surface area contributed by atoms with Crippen LogP contribution < -0.4 is 5.32 Å². The lowest BCUT2D eigenvalue weighted by Gasteiger charge is -2.05. The summed E-state index contributed by atoms with van der Waals surface area (Å²) in [6.45, 7) is 0.464. The highest BCUT2D eigenvalue weighted by atomic mass is 32.1. The summed E-state index contributed by atoms with van der Waals surface area (Å²) >= 11 is 1.46. The highest BCUT2D eigenvalue weighted by Crippen LogP contribution is 2.25. The van der Waals surface area contributed by atoms with Crippen molar-refractivity contribution in [2.75, 3.05) is 5.32 Å². The van der Waals surface area contributed by atoms with E-state index in [0.717, 1.165) is 4.88 Å². The third-order valence-corrected chi connectivity index (χ3v) is 3.07. The molecule has 7 heteroatoms. The van der Waals surface area contributed by atoms with E-state index in [1.165, 1.54) is 29.5 Å². The van der Waals surface area contributed by atoms with Crippen LogP contribution in [0.4, 0.5) is 11.4 Å². The van der Waals surface area contributed by atoms with Crippen molar-refractivity contribution in [3.8, 4) is 0 Å². The van der Waals surface area contributed by atoms with Crippen LogP contribution >= 0.6 is 11.3 Å². The Bertz CT molecular complexity index is 569. The van der Waals surface area contributed by atoms with Gasteiger partial charge in [0.25, 0.3) is 5.69 Å². The zero-order valence-electron chi connectivity index (χ0n) is 9.20. The van der Waals surface area contributed by atoms with Gasteiger partial charge < -0.3 is 5.32 Å². The van der Waals surface area contributed by atoms with Crippen LogP contribution in [0.2, 0.25) is 0 Å². The summed E-state index contributed by atoms with van der Waals surface area (Å²) in [4.78, 5) is 25.9. The molecule has 0 saturated carbocycles. The first-order chi connectivity index (χ1) is 8.70. The van der Waals surface area contributed by atoms with Crippen molar-refractivity contribution in [1.29, 1.82) is 0 Å². The Hall–Kier alpha value is -2.28. The van der Waals surface area contributed by atoms with Crippen LogP contribution in [-0.2, 0) is 6.54 Å². The summed E-state index contributed by atoms with van der Waals surface area (Å²) in [5.41, 5.74) is 2.26. The Morgan fingerprint density at radius 2 is 2.33 bits per heavy atom. The maximum atomic E-state index is 10.9. The van der Waals surface area contributed by atoms with Gasteiger partial charge in [0.05, 0.1) is 17.0 Å². The maximum Gasteiger partial charge on any atom is 0.293 e. The number of thiazole rings is 1. The summed E-state index contributed by atoms with van der Waals surface area (Å²) in [5, 5.41) is 13.9. The van der Waals surface area contributed by atoms with Crippen molar-refractivity contribution in [2.24, 2.45) is 0 Å². The number of benzene rings is 1. The standard InChI is InChI=1S/C11H9N3O3S/c15-6-8-1-2-10(11(3-8)14(16)17)13-5-9-4-12-7-18-9/h1-4,6-7,13H,5H2. The Morgan fingerprint density at radius 3 is 2.94 bits per heavy atom. The molecule has 0 unspecified atom stereocenters. The predicted molar refractivity (Wildman–Crippen MR) is 67.9 cm³/mol. The molecule has 0 saturated heterocycles. The van der Waals surface area contributed by atoms with Crippen molar-refractivity contribution in [2.45, 2.75) is 6.54 Å². The molecular weight excluding hydrogens is 254 g/mol. The SMILES string of the molecule is O=Cc1ccc(NCc2cncs2)c([N+](=O)[O-])c1. The van der Waals surface area contributed by atoms with Gasteiger partial charge in [0.15, 0.2) is 0 Å². The first kappa shape index (κ1) is 12.2. The second-order valence-corrected chi connectivity index (χ2v) is 4.44. The van der Waals surface area contributed by atoms with E-state index < -0.39 is 4.92 Å². The van der Waals surface area contributed by atoms with Gasteiger partial charge in [0.1, 0.15) is 12.0 Å². The highest BCUT2D eigenvalue weighted by Gasteiger charge is 2.14. The number of hydrogen-bond donors (Lipinski definition) is 1. The predicted octanol–water partition coefficient (Wildman–Crippen LogP) is 2.48. The van der Waals surface area contributed by atoms with Crippen LogP contribution in [-0.4, -0.2) is 16.2 Å². The number of aromatic nitrogens is 1. The molecule has 92 valence electrons. The second-order valence-electron chi connectivity index (χ2n) is 3.47. The van der Waals surface area contributed by atoms with Gasteiger partial charge in [-0.2, -0.15) is 0 Å². The monoisotopic (exact) mass is 263 g/mol. The van der Waals surface area contributed by atoms with Crippen LogP contribution in [0.3, 0.4) is 0 Å². The molecule has 1 heterocycles. The second kappa shape index (κ2) is 5.37. The van der Waals surface area contributed by atoms with Crippen molar-refractivity contribution in [1.82, 2.24) is 4.98 Å². The van der Waals surface area contributed by atoms with Gasteiger partial charge in [-0.3, -0.25) is 19.9 Å². The number of carbonyl (C=O) groups is 1. The summed E-state index contributed by atoms with van der Waals surface area (Å²) in [7, 11) is 0. The number of anilines is 1. The molecule has 1 N–H and O–H groups in total. The molecule has 0 aliphatic heterocycles. The minimum atomic E-state index is -0.512. The van der Waals surface area contributed by atoms with E-state index >= 15 is 0 Å². The van der Waals surface area contributed by atoms with E-state index in [4.69, 9.17) is 0 Å². The molecule has 18 heavy (non-hydrogen) atoms. The van der Waals surface area contributed by atoms with Crippen LogP contribution in [0.5, 0.6) is 0 Å². The number of nitro groups is 1. The fraction of sp³-hybridized carbons (Fsp3) is 0.0909. The third kappa shape index (κ3) is 2.69. The number of nitrogens with one attached hydrogen (secondary N) is 1. The summed E-state index contributed by atoms with van der Waals surface area (Å²) in [6.07, 6.45) is 2.28. The maximum absolute atomic E-state index is 10.9. The van der Waals surface area contributed by atoms with E-state index in [9.17, 15) is 14.9 Å². The number of aldehydes is 1. The Kier molecular flexibility index (Phi) is 3.63. The van der Waals surface area contributed by atoms with Crippen LogP contribution in [0.1, 0.15) is 15.2 Å². The Balaban J connectivity index is 2.21. The fourth-order valence-electron chi connectivity index (χ4n) is 1.43. The zero-order valence-corrected chi connectivity index (χ0v) is 10.0. The van der Waals surface area contributed by atoms with Crippen molar-refractivity contribution >= 4 is 29.0 Å². The van der Waals surface area contributed by atoms with E-state index in [1.54, 1.807) is 11.7 Å². The zero-order chi connectivity index (χ0) is 13.0. The number of nitro benzene ring substituents is 1. The van der Waals surface area contributed by atoms with Gasteiger partial charge in [-0.05, 0) is 12.1 Å².